The zero-order valence-corrected chi connectivity index (χ0v) is 16.8. The standard InChI is InChI=1S/C19H21F3N2O4S/c1-12(2)24-29(26,27)17-10-14(7-8-16(17)28-3)18(25)23-11-13-5-4-6-15(9-13)19(20,21)22/h4-10,12,24H,11H2,1-3H3,(H,23,25). The smallest absolute Gasteiger partial charge is 0.416 e. The summed E-state index contributed by atoms with van der Waals surface area (Å²) in [4.78, 5) is 12.2. The second-order valence-electron chi connectivity index (χ2n) is 6.52. The summed E-state index contributed by atoms with van der Waals surface area (Å²) in [6.07, 6.45) is -4.48. The van der Waals surface area contributed by atoms with Crippen molar-refractivity contribution in [3.8, 4) is 5.75 Å². The number of hydrogen-bond acceptors (Lipinski definition) is 4. The third-order valence-electron chi connectivity index (χ3n) is 3.81. The molecule has 0 fully saturated rings. The number of rotatable bonds is 7. The van der Waals surface area contributed by atoms with E-state index in [9.17, 15) is 26.4 Å². The zero-order chi connectivity index (χ0) is 21.8. The Hall–Kier alpha value is -2.59. The van der Waals surface area contributed by atoms with Crippen LogP contribution in [0, 0.1) is 0 Å². The van der Waals surface area contributed by atoms with Gasteiger partial charge in [0.2, 0.25) is 10.0 Å². The Morgan fingerprint density at radius 1 is 1.14 bits per heavy atom. The summed E-state index contributed by atoms with van der Waals surface area (Å²) in [7, 11) is -2.62. The Labute approximate surface area is 167 Å². The summed E-state index contributed by atoms with van der Waals surface area (Å²) in [6.45, 7) is 3.15. The SMILES string of the molecule is COc1ccc(C(=O)NCc2cccc(C(F)(F)F)c2)cc1S(=O)(=O)NC(C)C. The molecule has 2 aromatic carbocycles. The molecular formula is C19H21F3N2O4S. The summed E-state index contributed by atoms with van der Waals surface area (Å²) < 4.78 is 70.8. The molecule has 0 atom stereocenters. The highest BCUT2D eigenvalue weighted by molar-refractivity contribution is 7.89. The van der Waals surface area contributed by atoms with E-state index in [0.29, 0.717) is 0 Å². The first-order valence-electron chi connectivity index (χ1n) is 8.58. The van der Waals surface area contributed by atoms with Gasteiger partial charge in [-0.1, -0.05) is 12.1 Å². The second-order valence-corrected chi connectivity index (χ2v) is 8.20. The van der Waals surface area contributed by atoms with Crippen molar-refractivity contribution in [2.75, 3.05) is 7.11 Å². The summed E-state index contributed by atoms with van der Waals surface area (Å²) in [5.74, 6) is -0.571. The maximum Gasteiger partial charge on any atom is 0.416 e. The van der Waals surface area contributed by atoms with Gasteiger partial charge in [0.15, 0.2) is 0 Å². The average molecular weight is 430 g/mol. The molecule has 1 amide bonds. The topological polar surface area (TPSA) is 84.5 Å². The van der Waals surface area contributed by atoms with Crippen LogP contribution in [-0.2, 0) is 22.7 Å². The Morgan fingerprint density at radius 3 is 2.41 bits per heavy atom. The van der Waals surface area contributed by atoms with Crippen molar-refractivity contribution in [2.45, 2.75) is 37.5 Å². The molecule has 0 saturated heterocycles. The fourth-order valence-corrected chi connectivity index (χ4v) is 3.99. The van der Waals surface area contributed by atoms with Gasteiger partial charge >= 0.3 is 6.18 Å². The summed E-state index contributed by atoms with van der Waals surface area (Å²) in [5, 5.41) is 2.49. The number of ether oxygens (including phenoxy) is 1. The normalized spacial score (nSPS) is 12.1. The number of sulfonamides is 1. The van der Waals surface area contributed by atoms with Crippen LogP contribution >= 0.6 is 0 Å². The van der Waals surface area contributed by atoms with Crippen molar-refractivity contribution < 1.29 is 31.1 Å². The number of alkyl halides is 3. The van der Waals surface area contributed by atoms with Crippen LogP contribution in [0.25, 0.3) is 0 Å². The number of halogens is 3. The molecule has 158 valence electrons. The fourth-order valence-electron chi connectivity index (χ4n) is 2.54. The molecule has 10 heteroatoms. The van der Waals surface area contributed by atoms with Gasteiger partial charge in [-0.05, 0) is 49.7 Å². The zero-order valence-electron chi connectivity index (χ0n) is 16.0. The van der Waals surface area contributed by atoms with Crippen LogP contribution in [0.15, 0.2) is 47.4 Å². The van der Waals surface area contributed by atoms with Gasteiger partial charge in [-0.2, -0.15) is 13.2 Å². The van der Waals surface area contributed by atoms with Crippen LogP contribution in [0.2, 0.25) is 0 Å². The minimum Gasteiger partial charge on any atom is -0.495 e. The lowest BCUT2D eigenvalue weighted by Crippen LogP contribution is -2.31. The van der Waals surface area contributed by atoms with Crippen LogP contribution < -0.4 is 14.8 Å². The number of nitrogens with one attached hydrogen (secondary N) is 2. The van der Waals surface area contributed by atoms with Gasteiger partial charge in [-0.15, -0.1) is 0 Å². The lowest BCUT2D eigenvalue weighted by Gasteiger charge is -2.14. The van der Waals surface area contributed by atoms with E-state index in [2.05, 4.69) is 10.0 Å². The van der Waals surface area contributed by atoms with E-state index in [0.717, 1.165) is 18.2 Å². The average Bonchev–Trinajstić information content (AvgIpc) is 2.64. The van der Waals surface area contributed by atoms with Crippen molar-refractivity contribution in [1.82, 2.24) is 10.0 Å². The van der Waals surface area contributed by atoms with Gasteiger partial charge in [0.25, 0.3) is 5.91 Å². The Bertz CT molecular complexity index is 989. The molecule has 0 heterocycles. The predicted molar refractivity (Wildman–Crippen MR) is 101 cm³/mol. The van der Waals surface area contributed by atoms with Gasteiger partial charge in [-0.3, -0.25) is 4.79 Å². The molecule has 0 saturated carbocycles. The van der Waals surface area contributed by atoms with E-state index >= 15 is 0 Å². The fraction of sp³-hybridized carbons (Fsp3) is 0.316. The highest BCUT2D eigenvalue weighted by Gasteiger charge is 2.30. The van der Waals surface area contributed by atoms with Gasteiger partial charge in [-0.25, -0.2) is 13.1 Å². The van der Waals surface area contributed by atoms with Gasteiger partial charge < -0.3 is 10.1 Å². The molecule has 0 bridgehead atoms. The maximum atomic E-state index is 12.8. The summed E-state index contributed by atoms with van der Waals surface area (Å²) in [5.41, 5.74) is -0.528. The minimum atomic E-state index is -4.48. The van der Waals surface area contributed by atoms with Crippen LogP contribution in [0.1, 0.15) is 35.3 Å². The molecule has 0 aliphatic carbocycles. The molecule has 0 radical (unpaired) electrons. The molecule has 0 spiro atoms. The van der Waals surface area contributed by atoms with E-state index in [-0.39, 0.29) is 34.4 Å². The molecule has 0 aliphatic rings. The van der Waals surface area contributed by atoms with E-state index in [1.54, 1.807) is 13.8 Å². The molecule has 6 nitrogen and oxygen atoms in total. The van der Waals surface area contributed by atoms with Crippen LogP contribution in [-0.4, -0.2) is 27.5 Å². The van der Waals surface area contributed by atoms with Crippen LogP contribution in [0.3, 0.4) is 0 Å². The summed E-state index contributed by atoms with van der Waals surface area (Å²) >= 11 is 0. The Morgan fingerprint density at radius 2 is 1.83 bits per heavy atom. The largest absolute Gasteiger partial charge is 0.495 e. The van der Waals surface area contributed by atoms with Crippen LogP contribution in [0.4, 0.5) is 13.2 Å². The minimum absolute atomic E-state index is 0.0295. The van der Waals surface area contributed by atoms with E-state index < -0.39 is 27.7 Å². The molecular weight excluding hydrogens is 409 g/mol. The number of amides is 1. The molecule has 2 aromatic rings. The predicted octanol–water partition coefficient (Wildman–Crippen LogP) is 3.33. The first kappa shape index (κ1) is 22.7. The van der Waals surface area contributed by atoms with Crippen LogP contribution in [0.5, 0.6) is 5.75 Å². The number of carbonyl (C=O) groups excluding carboxylic acids is 1. The highest BCUT2D eigenvalue weighted by Crippen LogP contribution is 2.29. The van der Waals surface area contributed by atoms with E-state index in [1.165, 1.54) is 31.4 Å². The van der Waals surface area contributed by atoms with Gasteiger partial charge in [0.1, 0.15) is 10.6 Å². The molecule has 2 rings (SSSR count). The maximum absolute atomic E-state index is 12.8. The number of methoxy groups -OCH3 is 1. The van der Waals surface area contributed by atoms with Crippen molar-refractivity contribution in [1.29, 1.82) is 0 Å². The molecule has 0 unspecified atom stereocenters. The Balaban J connectivity index is 2.23. The quantitative estimate of drug-likeness (QED) is 0.706. The molecule has 2 N–H and O–H groups in total. The number of benzene rings is 2. The van der Waals surface area contributed by atoms with Crippen molar-refractivity contribution in [2.24, 2.45) is 0 Å². The molecule has 29 heavy (non-hydrogen) atoms. The van der Waals surface area contributed by atoms with Crippen molar-refractivity contribution in [3.63, 3.8) is 0 Å². The second kappa shape index (κ2) is 8.83. The van der Waals surface area contributed by atoms with E-state index in [4.69, 9.17) is 4.74 Å². The summed E-state index contributed by atoms with van der Waals surface area (Å²) in [6, 6.07) is 8.08. The highest BCUT2D eigenvalue weighted by atomic mass is 32.2. The number of carbonyl (C=O) groups is 1. The lowest BCUT2D eigenvalue weighted by atomic mass is 10.1. The first-order chi connectivity index (χ1) is 13.4. The molecule has 0 aromatic heterocycles. The third-order valence-corrected chi connectivity index (χ3v) is 5.49. The first-order valence-corrected chi connectivity index (χ1v) is 10.1. The monoisotopic (exact) mass is 430 g/mol. The van der Waals surface area contributed by atoms with Crippen molar-refractivity contribution >= 4 is 15.9 Å². The van der Waals surface area contributed by atoms with E-state index in [1.807, 2.05) is 0 Å². The lowest BCUT2D eigenvalue weighted by molar-refractivity contribution is -0.137. The van der Waals surface area contributed by atoms with Gasteiger partial charge in [0.05, 0.1) is 12.7 Å². The third kappa shape index (κ3) is 5.94. The number of hydrogen-bond donors (Lipinski definition) is 2. The Kier molecular flexibility index (Phi) is 6.91. The van der Waals surface area contributed by atoms with Gasteiger partial charge in [0, 0.05) is 18.2 Å². The molecule has 0 aliphatic heterocycles. The van der Waals surface area contributed by atoms with Crippen molar-refractivity contribution in [3.05, 3.63) is 59.2 Å².